The molecule has 0 aliphatic heterocycles. The van der Waals surface area contributed by atoms with Crippen molar-refractivity contribution in [3.05, 3.63) is 70.9 Å². The largest absolute Gasteiger partial charge is 0.467 e. The lowest BCUT2D eigenvalue weighted by Crippen LogP contribution is -2.16. The first kappa shape index (κ1) is 19.6. The summed E-state index contributed by atoms with van der Waals surface area (Å²) < 4.78 is 6.83. The molecule has 0 radical (unpaired) electrons. The number of ether oxygens (including phenoxy) is 1. The predicted octanol–water partition coefficient (Wildman–Crippen LogP) is 2.49. The van der Waals surface area contributed by atoms with Crippen LogP contribution in [-0.4, -0.2) is 28.7 Å². The Balaban J connectivity index is 2.28. The zero-order chi connectivity index (χ0) is 20.3. The number of fused-ring (bicyclic) bond motifs is 1. The van der Waals surface area contributed by atoms with Crippen molar-refractivity contribution < 1.29 is 19.4 Å². The number of carbonyl (C=O) groups excluding carboxylic acids is 2. The Labute approximate surface area is 163 Å². The van der Waals surface area contributed by atoms with E-state index in [9.17, 15) is 14.7 Å². The second-order valence-electron chi connectivity index (χ2n) is 6.66. The number of benzene rings is 2. The van der Waals surface area contributed by atoms with Crippen LogP contribution in [0.4, 0.5) is 0 Å². The van der Waals surface area contributed by atoms with Gasteiger partial charge in [-0.1, -0.05) is 49.4 Å². The second-order valence-corrected chi connectivity index (χ2v) is 6.66. The lowest BCUT2D eigenvalue weighted by atomic mass is 9.98. The molecule has 6 nitrogen and oxygen atoms in total. The first-order chi connectivity index (χ1) is 13.5. The van der Waals surface area contributed by atoms with Gasteiger partial charge in [0, 0.05) is 28.7 Å². The van der Waals surface area contributed by atoms with Crippen molar-refractivity contribution in [2.45, 2.75) is 32.4 Å². The minimum Gasteiger partial charge on any atom is -0.467 e. The fraction of sp³-hybridized carbons (Fsp3) is 0.273. The minimum absolute atomic E-state index is 0.0341. The number of primary amides is 1. The Bertz CT molecular complexity index is 1010. The van der Waals surface area contributed by atoms with Crippen molar-refractivity contribution in [2.75, 3.05) is 7.11 Å². The van der Waals surface area contributed by atoms with E-state index in [1.54, 1.807) is 12.1 Å². The third kappa shape index (κ3) is 3.64. The van der Waals surface area contributed by atoms with Gasteiger partial charge in [-0.2, -0.15) is 0 Å². The Morgan fingerprint density at radius 1 is 1.14 bits per heavy atom. The van der Waals surface area contributed by atoms with Gasteiger partial charge in [0.25, 0.3) is 0 Å². The van der Waals surface area contributed by atoms with Crippen molar-refractivity contribution in [3.8, 4) is 0 Å². The average Bonchev–Trinajstić information content (AvgIpc) is 2.99. The van der Waals surface area contributed by atoms with Crippen molar-refractivity contribution in [1.82, 2.24) is 4.57 Å². The minimum atomic E-state index is -1.43. The maximum atomic E-state index is 12.0. The topological polar surface area (TPSA) is 94.6 Å². The van der Waals surface area contributed by atoms with Gasteiger partial charge >= 0.3 is 5.97 Å². The summed E-state index contributed by atoms with van der Waals surface area (Å²) in [4.78, 5) is 23.7. The van der Waals surface area contributed by atoms with Crippen LogP contribution in [0.1, 0.15) is 35.4 Å². The number of nitrogens with zero attached hydrogens (tertiary/aromatic N) is 1. The van der Waals surface area contributed by atoms with Crippen LogP contribution in [0.15, 0.2) is 48.5 Å². The number of methoxy groups -OCH3 is 1. The third-order valence-corrected chi connectivity index (χ3v) is 4.93. The van der Waals surface area contributed by atoms with Gasteiger partial charge in [-0.15, -0.1) is 0 Å². The molecule has 0 saturated carbocycles. The highest BCUT2D eigenvalue weighted by Gasteiger charge is 2.26. The lowest BCUT2D eigenvalue weighted by molar-refractivity contribution is -0.150. The number of carbonyl (C=O) groups is 2. The molecule has 3 N–H and O–H groups in total. The number of rotatable bonds is 7. The Morgan fingerprint density at radius 2 is 1.86 bits per heavy atom. The van der Waals surface area contributed by atoms with Crippen LogP contribution in [0.3, 0.4) is 0 Å². The number of esters is 1. The standard InChI is InChI=1S/C22H24N2O4/c1-3-17-16(12-19(23)25)20-15(21(26)22(27)28-2)10-7-11-18(20)24(17)13-14-8-5-4-6-9-14/h4-11,21,26H,3,12-13H2,1-2H3,(H2,23,25). The summed E-state index contributed by atoms with van der Waals surface area (Å²) in [5.74, 6) is -1.21. The van der Waals surface area contributed by atoms with Crippen LogP contribution < -0.4 is 5.73 Å². The van der Waals surface area contributed by atoms with E-state index < -0.39 is 18.0 Å². The fourth-order valence-electron chi connectivity index (χ4n) is 3.75. The predicted molar refractivity (Wildman–Crippen MR) is 107 cm³/mol. The van der Waals surface area contributed by atoms with E-state index >= 15 is 0 Å². The molecule has 28 heavy (non-hydrogen) atoms. The summed E-state index contributed by atoms with van der Waals surface area (Å²) in [5.41, 5.74) is 9.59. The summed E-state index contributed by atoms with van der Waals surface area (Å²) in [7, 11) is 1.23. The number of aliphatic hydroxyl groups excluding tert-OH is 1. The molecular weight excluding hydrogens is 356 g/mol. The lowest BCUT2D eigenvalue weighted by Gasteiger charge is -2.12. The van der Waals surface area contributed by atoms with E-state index in [1.807, 2.05) is 43.3 Å². The third-order valence-electron chi connectivity index (χ3n) is 4.93. The van der Waals surface area contributed by atoms with Gasteiger partial charge in [-0.3, -0.25) is 4.79 Å². The number of hydrogen-bond acceptors (Lipinski definition) is 4. The molecule has 0 aliphatic carbocycles. The number of aliphatic hydroxyl groups is 1. The highest BCUT2D eigenvalue weighted by atomic mass is 16.5. The number of aromatic nitrogens is 1. The van der Waals surface area contributed by atoms with Gasteiger partial charge in [0.15, 0.2) is 6.10 Å². The highest BCUT2D eigenvalue weighted by molar-refractivity contribution is 5.95. The highest BCUT2D eigenvalue weighted by Crippen LogP contribution is 2.34. The molecular formula is C22H24N2O4. The molecule has 1 unspecified atom stereocenters. The van der Waals surface area contributed by atoms with Gasteiger partial charge in [0.2, 0.25) is 5.91 Å². The molecule has 1 atom stereocenters. The quantitative estimate of drug-likeness (QED) is 0.616. The molecule has 0 saturated heterocycles. The fourth-order valence-corrected chi connectivity index (χ4v) is 3.75. The molecule has 1 heterocycles. The molecule has 3 aromatic rings. The molecule has 0 spiro atoms. The zero-order valence-corrected chi connectivity index (χ0v) is 16.0. The first-order valence-corrected chi connectivity index (χ1v) is 9.18. The smallest absolute Gasteiger partial charge is 0.339 e. The van der Waals surface area contributed by atoms with Crippen molar-refractivity contribution in [3.63, 3.8) is 0 Å². The maximum absolute atomic E-state index is 12.0. The number of nitrogens with two attached hydrogens (primary N) is 1. The SMILES string of the molecule is CCc1c(CC(N)=O)c2c(C(O)C(=O)OC)cccc2n1Cc1ccccc1. The van der Waals surface area contributed by atoms with Crippen LogP contribution in [-0.2, 0) is 33.7 Å². The van der Waals surface area contributed by atoms with Crippen LogP contribution in [0.25, 0.3) is 10.9 Å². The Kier molecular flexibility index (Phi) is 5.80. The Hall–Kier alpha value is -3.12. The molecule has 0 fully saturated rings. The molecule has 3 rings (SSSR count). The molecule has 0 bridgehead atoms. The monoisotopic (exact) mass is 380 g/mol. The maximum Gasteiger partial charge on any atom is 0.339 e. The molecule has 0 aliphatic rings. The normalized spacial score (nSPS) is 12.1. The van der Waals surface area contributed by atoms with E-state index in [-0.39, 0.29) is 6.42 Å². The first-order valence-electron chi connectivity index (χ1n) is 9.18. The molecule has 146 valence electrons. The summed E-state index contributed by atoms with van der Waals surface area (Å²) >= 11 is 0. The van der Waals surface area contributed by atoms with Gasteiger partial charge < -0.3 is 20.1 Å². The zero-order valence-electron chi connectivity index (χ0n) is 16.0. The van der Waals surface area contributed by atoms with E-state index in [4.69, 9.17) is 10.5 Å². The van der Waals surface area contributed by atoms with E-state index in [1.165, 1.54) is 7.11 Å². The van der Waals surface area contributed by atoms with Crippen molar-refractivity contribution in [1.29, 1.82) is 0 Å². The number of hydrogen-bond donors (Lipinski definition) is 2. The second kappa shape index (κ2) is 8.27. The number of amides is 1. The van der Waals surface area contributed by atoms with E-state index in [0.717, 1.165) is 22.3 Å². The van der Waals surface area contributed by atoms with Crippen LogP contribution in [0, 0.1) is 0 Å². The molecule has 6 heteroatoms. The van der Waals surface area contributed by atoms with Gasteiger partial charge in [0.05, 0.1) is 13.5 Å². The summed E-state index contributed by atoms with van der Waals surface area (Å²) in [5, 5.41) is 11.2. The summed E-state index contributed by atoms with van der Waals surface area (Å²) in [6.07, 6.45) is -0.720. The molecule has 1 amide bonds. The Morgan fingerprint density at radius 3 is 2.46 bits per heavy atom. The van der Waals surface area contributed by atoms with E-state index in [0.29, 0.717) is 23.9 Å². The van der Waals surface area contributed by atoms with Crippen LogP contribution >= 0.6 is 0 Å². The van der Waals surface area contributed by atoms with Crippen molar-refractivity contribution >= 4 is 22.8 Å². The van der Waals surface area contributed by atoms with Crippen LogP contribution in [0.5, 0.6) is 0 Å². The van der Waals surface area contributed by atoms with Gasteiger partial charge in [-0.25, -0.2) is 4.79 Å². The average molecular weight is 380 g/mol. The summed E-state index contributed by atoms with van der Waals surface area (Å²) in [6, 6.07) is 15.4. The molecule has 1 aromatic heterocycles. The van der Waals surface area contributed by atoms with Gasteiger partial charge in [0.1, 0.15) is 0 Å². The van der Waals surface area contributed by atoms with Crippen LogP contribution in [0.2, 0.25) is 0 Å². The molecule has 2 aromatic carbocycles. The van der Waals surface area contributed by atoms with Crippen molar-refractivity contribution in [2.24, 2.45) is 5.73 Å². The summed E-state index contributed by atoms with van der Waals surface area (Å²) in [6.45, 7) is 2.62. The van der Waals surface area contributed by atoms with Gasteiger partial charge in [-0.05, 0) is 23.6 Å². The van der Waals surface area contributed by atoms with E-state index in [2.05, 4.69) is 4.57 Å².